The van der Waals surface area contributed by atoms with Gasteiger partial charge in [-0.05, 0) is 0 Å². The van der Waals surface area contributed by atoms with Gasteiger partial charge in [0.1, 0.15) is 12.2 Å². The van der Waals surface area contributed by atoms with Crippen LogP contribution in [0.4, 0.5) is 14.4 Å². The number of aliphatic hydroxyl groups is 6. The summed E-state index contributed by atoms with van der Waals surface area (Å²) < 4.78 is 11.5. The number of carbonyl (C=O) groups is 6. The van der Waals surface area contributed by atoms with Gasteiger partial charge in [-0.15, -0.1) is 0 Å². The molecule has 70 heavy (non-hydrogen) atoms. The normalized spacial score (nSPS) is 18.9. The number of rotatable bonds is 26. The second kappa shape index (κ2) is 34.1. The van der Waals surface area contributed by atoms with Crippen molar-refractivity contribution in [3.8, 4) is 0 Å². The Kier molecular flexibility index (Phi) is 30.1. The van der Waals surface area contributed by atoms with Gasteiger partial charge in [0.25, 0.3) is 0 Å². The summed E-state index contributed by atoms with van der Waals surface area (Å²) in [5.41, 5.74) is 0. The minimum absolute atomic E-state index is 0.00651. The van der Waals surface area contributed by atoms with Crippen molar-refractivity contribution >= 4 is 36.2 Å². The van der Waals surface area contributed by atoms with Crippen LogP contribution in [0, 0.1) is 5.92 Å². The number of β-amino-alcohol motifs (C(OH)–C–C–N with tert-alkyl or cyclic N) is 2. The van der Waals surface area contributed by atoms with E-state index < -0.39 is 99.5 Å². The maximum absolute atomic E-state index is 12.3. The van der Waals surface area contributed by atoms with E-state index in [1.165, 1.54) is 9.80 Å². The Morgan fingerprint density at radius 1 is 0.400 bits per heavy atom. The Balaban J connectivity index is 2.46. The lowest BCUT2D eigenvalue weighted by Crippen LogP contribution is -2.52. The number of carboxylic acid groups (broad SMARTS) is 6. The molecule has 29 nitrogen and oxygen atoms in total. The Morgan fingerprint density at radius 3 is 0.929 bits per heavy atom. The van der Waals surface area contributed by atoms with Crippen LogP contribution in [0.5, 0.6) is 0 Å². The van der Waals surface area contributed by atoms with Gasteiger partial charge in [0, 0.05) is 143 Å². The summed E-state index contributed by atoms with van der Waals surface area (Å²) in [5.74, 6) is -4.05. The predicted molar refractivity (Wildman–Crippen MR) is 244 cm³/mol. The molecule has 0 aromatic rings. The summed E-state index contributed by atoms with van der Waals surface area (Å²) in [5, 5.41) is 121. The van der Waals surface area contributed by atoms with Crippen LogP contribution in [0.15, 0.2) is 0 Å². The number of hydrogen-bond donors (Lipinski definition) is 12. The van der Waals surface area contributed by atoms with E-state index in [0.717, 1.165) is 14.7 Å². The van der Waals surface area contributed by atoms with E-state index in [9.17, 15) is 90.0 Å². The lowest BCUT2D eigenvalue weighted by atomic mass is 10.1. The molecule has 2 fully saturated rings. The number of aliphatic hydroxyl groups excluding tert-OH is 6. The van der Waals surface area contributed by atoms with Crippen molar-refractivity contribution in [2.75, 3.05) is 197 Å². The van der Waals surface area contributed by atoms with Crippen molar-refractivity contribution in [2.24, 2.45) is 5.92 Å². The van der Waals surface area contributed by atoms with Crippen LogP contribution >= 0.6 is 0 Å². The second-order valence-electron chi connectivity index (χ2n) is 17.5. The predicted octanol–water partition coefficient (Wildman–Crippen LogP) is -5.90. The monoisotopic (exact) mass is 1020 g/mol. The summed E-state index contributed by atoms with van der Waals surface area (Å²) in [6.07, 6.45) is -8.25. The molecule has 2 saturated heterocycles. The third kappa shape index (κ3) is 26.2. The zero-order valence-corrected chi connectivity index (χ0v) is 39.8. The Bertz CT molecular complexity index is 1540. The lowest BCUT2D eigenvalue weighted by Gasteiger charge is -2.36. The highest BCUT2D eigenvalue weighted by Crippen LogP contribution is 2.12. The van der Waals surface area contributed by atoms with E-state index in [2.05, 4.69) is 0 Å². The van der Waals surface area contributed by atoms with Crippen molar-refractivity contribution in [1.82, 2.24) is 44.1 Å². The SMILES string of the molecule is O=C(O)CN1CCN(CC(=O)O)CCN(C(=O)O)CCN(CC(O)CN(CC(O)CN2CCN(CC(=O)O)CCN(C(=O)O)CCN(C(=O)O)CC2)CC(COC(CO)CO)COC(CO)CO)CC1. The molecule has 2 rings (SSSR count). The first-order valence-corrected chi connectivity index (χ1v) is 23.2. The molecule has 29 heteroatoms. The molecule has 0 aromatic heterocycles. The standard InChI is InChI=1S/C41H77N9O20/c51-25-34(26-52)69-29-31(30-70-35(27-53)28-54)17-47(21-33(56)19-43-2-4-45(23-37(59)60)10-14-50(41(67)68)16-15-49(12-8-43)40(65)66)20-32(55)18-42-1-3-44(22-36(57)58)5-6-46(24-38(61)62)9-13-48(11-7-42)39(63)64/h31-35,51-56H,1-30H2,(H,57,58)(H,59,60)(H,61,62)(H,63,64)(H,65,66)(H,67,68). The number of amides is 3. The first-order chi connectivity index (χ1) is 33.2. The van der Waals surface area contributed by atoms with Crippen LogP contribution in [0.2, 0.25) is 0 Å². The highest BCUT2D eigenvalue weighted by molar-refractivity contribution is 5.70. The average Bonchev–Trinajstić information content (AvgIpc) is 3.27. The largest absolute Gasteiger partial charge is 0.480 e. The highest BCUT2D eigenvalue weighted by atomic mass is 16.5. The van der Waals surface area contributed by atoms with E-state index in [0.29, 0.717) is 0 Å². The van der Waals surface area contributed by atoms with Gasteiger partial charge < -0.3 is 85.5 Å². The van der Waals surface area contributed by atoms with Gasteiger partial charge in [0.2, 0.25) is 0 Å². The molecule has 2 unspecified atom stereocenters. The molecule has 2 atom stereocenters. The molecule has 3 amide bonds. The van der Waals surface area contributed by atoms with E-state index >= 15 is 0 Å². The smallest absolute Gasteiger partial charge is 0.407 e. The Morgan fingerprint density at radius 2 is 0.657 bits per heavy atom. The fraction of sp³-hybridized carbons (Fsp3) is 0.854. The summed E-state index contributed by atoms with van der Waals surface area (Å²) >= 11 is 0. The van der Waals surface area contributed by atoms with E-state index in [1.54, 1.807) is 19.6 Å². The van der Waals surface area contributed by atoms with Crippen LogP contribution in [0.1, 0.15) is 0 Å². The van der Waals surface area contributed by atoms with Crippen molar-refractivity contribution in [1.29, 1.82) is 0 Å². The van der Waals surface area contributed by atoms with Gasteiger partial charge in [-0.25, -0.2) is 14.4 Å². The number of carboxylic acids is 3. The fourth-order valence-corrected chi connectivity index (χ4v) is 7.94. The molecule has 2 aliphatic rings. The van der Waals surface area contributed by atoms with Gasteiger partial charge >= 0.3 is 36.2 Å². The number of ether oxygens (including phenoxy) is 2. The van der Waals surface area contributed by atoms with Crippen LogP contribution in [-0.4, -0.2) is 363 Å². The number of nitrogens with zero attached hydrogens (tertiary/aromatic N) is 9. The zero-order chi connectivity index (χ0) is 52.2. The zero-order valence-electron chi connectivity index (χ0n) is 39.8. The highest BCUT2D eigenvalue weighted by Gasteiger charge is 2.28. The van der Waals surface area contributed by atoms with Crippen LogP contribution in [-0.2, 0) is 23.9 Å². The van der Waals surface area contributed by atoms with Gasteiger partial charge in [0.05, 0.1) is 71.5 Å². The Labute approximate surface area is 406 Å². The maximum atomic E-state index is 12.3. The number of aliphatic carboxylic acids is 3. The van der Waals surface area contributed by atoms with Crippen LogP contribution in [0.25, 0.3) is 0 Å². The first-order valence-electron chi connectivity index (χ1n) is 23.2. The molecule has 0 saturated carbocycles. The molecule has 0 aliphatic carbocycles. The maximum Gasteiger partial charge on any atom is 0.407 e. The van der Waals surface area contributed by atoms with Gasteiger partial charge in [-0.3, -0.25) is 43.8 Å². The average molecular weight is 1020 g/mol. The summed E-state index contributed by atoms with van der Waals surface area (Å²) in [7, 11) is 0. The Hall–Kier alpha value is -4.34. The van der Waals surface area contributed by atoms with Gasteiger partial charge in [-0.1, -0.05) is 0 Å². The van der Waals surface area contributed by atoms with Gasteiger partial charge in [0.15, 0.2) is 0 Å². The molecule has 0 radical (unpaired) electrons. The minimum Gasteiger partial charge on any atom is -0.480 e. The molecular weight excluding hydrogens is 938 g/mol. The number of hydrogen-bond acceptors (Lipinski definition) is 20. The summed E-state index contributed by atoms with van der Waals surface area (Å²) in [4.78, 5) is 84.5. The van der Waals surface area contributed by atoms with Crippen molar-refractivity contribution in [3.05, 3.63) is 0 Å². The lowest BCUT2D eigenvalue weighted by molar-refractivity contribution is -0.140. The molecule has 406 valence electrons. The van der Waals surface area contributed by atoms with Gasteiger partial charge in [-0.2, -0.15) is 0 Å². The minimum atomic E-state index is -1.30. The molecule has 0 spiro atoms. The third-order valence-corrected chi connectivity index (χ3v) is 11.8. The molecule has 0 aromatic carbocycles. The molecule has 12 N–H and O–H groups in total. The molecule has 2 aliphatic heterocycles. The topological polar surface area (TPSA) is 393 Å². The summed E-state index contributed by atoms with van der Waals surface area (Å²) in [6.45, 7) is -3.65. The van der Waals surface area contributed by atoms with Crippen molar-refractivity contribution in [3.63, 3.8) is 0 Å². The molecule has 0 bridgehead atoms. The first kappa shape index (κ1) is 61.8. The third-order valence-electron chi connectivity index (χ3n) is 11.8. The van der Waals surface area contributed by atoms with Crippen molar-refractivity contribution < 1.29 is 99.5 Å². The summed E-state index contributed by atoms with van der Waals surface area (Å²) in [6, 6.07) is 0. The molecular formula is C41H77N9O20. The van der Waals surface area contributed by atoms with E-state index in [4.69, 9.17) is 9.47 Å². The quantitative estimate of drug-likeness (QED) is 0.0384. The van der Waals surface area contributed by atoms with E-state index in [-0.39, 0.29) is 164 Å². The van der Waals surface area contributed by atoms with E-state index in [1.807, 2.05) is 0 Å². The van der Waals surface area contributed by atoms with Crippen LogP contribution < -0.4 is 0 Å². The fourth-order valence-electron chi connectivity index (χ4n) is 7.94. The van der Waals surface area contributed by atoms with Crippen LogP contribution in [0.3, 0.4) is 0 Å². The molecule has 2 heterocycles. The second-order valence-corrected chi connectivity index (χ2v) is 17.5. The van der Waals surface area contributed by atoms with Crippen molar-refractivity contribution in [2.45, 2.75) is 24.4 Å².